The van der Waals surface area contributed by atoms with Crippen molar-refractivity contribution in [3.05, 3.63) is 0 Å². The lowest BCUT2D eigenvalue weighted by atomic mass is 9.83. The van der Waals surface area contributed by atoms with Crippen molar-refractivity contribution < 1.29 is 23.9 Å². The molecule has 0 aromatic heterocycles. The Labute approximate surface area is 167 Å². The van der Waals surface area contributed by atoms with E-state index in [0.717, 1.165) is 51.4 Å². The van der Waals surface area contributed by atoms with Gasteiger partial charge in [0, 0.05) is 6.04 Å². The quantitative estimate of drug-likeness (QED) is 0.741. The summed E-state index contributed by atoms with van der Waals surface area (Å²) in [6.45, 7) is 5.41. The first-order valence-corrected chi connectivity index (χ1v) is 10.6. The van der Waals surface area contributed by atoms with Gasteiger partial charge in [-0.3, -0.25) is 4.79 Å². The van der Waals surface area contributed by atoms with E-state index >= 15 is 0 Å². The zero-order valence-electron chi connectivity index (χ0n) is 17.5. The molecule has 0 aromatic carbocycles. The Hall–Kier alpha value is -1.79. The lowest BCUT2D eigenvalue weighted by Gasteiger charge is -2.39. The van der Waals surface area contributed by atoms with Crippen LogP contribution in [0.5, 0.6) is 0 Å². The van der Waals surface area contributed by atoms with Gasteiger partial charge < -0.3 is 19.7 Å². The van der Waals surface area contributed by atoms with Crippen molar-refractivity contribution >= 4 is 18.0 Å². The Morgan fingerprint density at radius 1 is 1.04 bits per heavy atom. The minimum absolute atomic E-state index is 0.0631. The van der Waals surface area contributed by atoms with Crippen LogP contribution in [-0.2, 0) is 19.1 Å². The van der Waals surface area contributed by atoms with Gasteiger partial charge in [0.2, 0.25) is 5.91 Å². The predicted octanol–water partition coefficient (Wildman–Crippen LogP) is 3.01. The van der Waals surface area contributed by atoms with Gasteiger partial charge in [-0.15, -0.1) is 0 Å². The third-order valence-corrected chi connectivity index (χ3v) is 6.34. The molecule has 158 valence electrons. The van der Waals surface area contributed by atoms with E-state index in [4.69, 9.17) is 9.47 Å². The van der Waals surface area contributed by atoms with Gasteiger partial charge in [-0.25, -0.2) is 9.59 Å². The van der Waals surface area contributed by atoms with Crippen LogP contribution in [0.4, 0.5) is 4.79 Å². The molecule has 0 radical (unpaired) electrons. The molecule has 2 bridgehead atoms. The van der Waals surface area contributed by atoms with Crippen LogP contribution in [0.25, 0.3) is 0 Å². The highest BCUT2D eigenvalue weighted by Crippen LogP contribution is 2.44. The van der Waals surface area contributed by atoms with Crippen LogP contribution in [0, 0.1) is 11.8 Å². The Bertz CT molecular complexity index is 608. The molecule has 28 heavy (non-hydrogen) atoms. The fraction of sp³-hybridized carbons (Fsp3) is 0.857. The number of hydrogen-bond donors (Lipinski definition) is 1. The zero-order valence-corrected chi connectivity index (χ0v) is 17.5. The first kappa shape index (κ1) is 20.9. The number of nitrogens with one attached hydrogen (secondary N) is 1. The summed E-state index contributed by atoms with van der Waals surface area (Å²) < 4.78 is 10.4. The molecule has 1 heterocycles. The summed E-state index contributed by atoms with van der Waals surface area (Å²) in [6, 6.07) is -1.11. The normalized spacial score (nSPS) is 28.7. The molecule has 2 aliphatic carbocycles. The number of carbonyl (C=O) groups is 3. The monoisotopic (exact) mass is 394 g/mol. The van der Waals surface area contributed by atoms with Crippen LogP contribution in [-0.4, -0.2) is 53.7 Å². The number of hydrogen-bond acceptors (Lipinski definition) is 5. The molecule has 2 saturated carbocycles. The Balaban J connectivity index is 1.81. The molecule has 7 nitrogen and oxygen atoms in total. The molecule has 3 rings (SSSR count). The first-order valence-electron chi connectivity index (χ1n) is 10.6. The van der Waals surface area contributed by atoms with Gasteiger partial charge >= 0.3 is 12.1 Å². The Kier molecular flexibility index (Phi) is 6.20. The smallest absolute Gasteiger partial charge is 0.408 e. The minimum atomic E-state index is -0.651. The number of ether oxygens (including phenoxy) is 2. The highest BCUT2D eigenvalue weighted by molar-refractivity contribution is 5.91. The fourth-order valence-corrected chi connectivity index (χ4v) is 5.17. The van der Waals surface area contributed by atoms with Gasteiger partial charge in [0.15, 0.2) is 0 Å². The molecule has 3 aliphatic rings. The van der Waals surface area contributed by atoms with Crippen LogP contribution in [0.1, 0.15) is 72.1 Å². The second-order valence-electron chi connectivity index (χ2n) is 9.46. The number of methoxy groups -OCH3 is 1. The van der Waals surface area contributed by atoms with Gasteiger partial charge in [0.25, 0.3) is 0 Å². The molecule has 7 heteroatoms. The van der Waals surface area contributed by atoms with E-state index in [0.29, 0.717) is 0 Å². The summed E-state index contributed by atoms with van der Waals surface area (Å²) in [5.41, 5.74) is -0.633. The maximum absolute atomic E-state index is 13.6. The second-order valence-corrected chi connectivity index (χ2v) is 9.46. The van der Waals surface area contributed by atoms with Crippen LogP contribution < -0.4 is 5.32 Å². The average Bonchev–Trinajstić information content (AvgIpc) is 3.25. The number of rotatable bonds is 4. The van der Waals surface area contributed by atoms with Crippen molar-refractivity contribution in [3.8, 4) is 0 Å². The molecule has 2 amide bonds. The molecule has 1 unspecified atom stereocenters. The van der Waals surface area contributed by atoms with E-state index in [2.05, 4.69) is 5.32 Å². The summed E-state index contributed by atoms with van der Waals surface area (Å²) in [6.07, 6.45) is 7.19. The number of piperidine rings is 1. The van der Waals surface area contributed by atoms with Crippen molar-refractivity contribution in [2.75, 3.05) is 7.11 Å². The SMILES string of the molecule is COC(=O)[C@@H]1[C@H]2CC[C@H](C2)N1C(=O)C(NC(=O)OC(C)(C)C)C1CCCCC1. The summed E-state index contributed by atoms with van der Waals surface area (Å²) in [4.78, 5) is 40.2. The molecule has 1 aliphatic heterocycles. The number of esters is 1. The lowest BCUT2D eigenvalue weighted by molar-refractivity contribution is -0.156. The van der Waals surface area contributed by atoms with Crippen molar-refractivity contribution in [2.45, 2.75) is 95.9 Å². The number of amides is 2. The van der Waals surface area contributed by atoms with E-state index in [1.165, 1.54) is 7.11 Å². The van der Waals surface area contributed by atoms with Crippen LogP contribution >= 0.6 is 0 Å². The summed E-state index contributed by atoms with van der Waals surface area (Å²) in [5.74, 6) is -0.262. The van der Waals surface area contributed by atoms with Crippen molar-refractivity contribution in [1.29, 1.82) is 0 Å². The number of carbonyl (C=O) groups excluding carboxylic acids is 3. The minimum Gasteiger partial charge on any atom is -0.467 e. The van der Waals surface area contributed by atoms with Gasteiger partial charge in [0.1, 0.15) is 17.7 Å². The standard InChI is InChI=1S/C21H34N2O5/c1-21(2,3)28-20(26)22-16(13-8-6-5-7-9-13)18(24)23-15-11-10-14(12-15)17(23)19(25)27-4/h13-17H,5-12H2,1-4H3,(H,22,26)/t14-,15+,16?,17-/m0/s1. The van der Waals surface area contributed by atoms with Crippen LogP contribution in [0.3, 0.4) is 0 Å². The fourth-order valence-electron chi connectivity index (χ4n) is 5.17. The van der Waals surface area contributed by atoms with E-state index in [-0.39, 0.29) is 29.8 Å². The number of likely N-dealkylation sites (tertiary alicyclic amines) is 1. The molecule has 4 atom stereocenters. The van der Waals surface area contributed by atoms with Gasteiger partial charge in [-0.05, 0) is 64.7 Å². The Morgan fingerprint density at radius 2 is 1.71 bits per heavy atom. The van der Waals surface area contributed by atoms with Gasteiger partial charge in [-0.2, -0.15) is 0 Å². The topological polar surface area (TPSA) is 84.9 Å². The molecule has 1 N–H and O–H groups in total. The predicted molar refractivity (Wildman–Crippen MR) is 104 cm³/mol. The Morgan fingerprint density at radius 3 is 2.32 bits per heavy atom. The largest absolute Gasteiger partial charge is 0.467 e. The van der Waals surface area contributed by atoms with E-state index in [9.17, 15) is 14.4 Å². The number of nitrogens with zero attached hydrogens (tertiary/aromatic N) is 1. The van der Waals surface area contributed by atoms with E-state index in [1.807, 2.05) is 0 Å². The zero-order chi connectivity index (χ0) is 20.5. The third-order valence-electron chi connectivity index (χ3n) is 6.34. The van der Waals surface area contributed by atoms with Crippen molar-refractivity contribution in [3.63, 3.8) is 0 Å². The first-order chi connectivity index (χ1) is 13.2. The third kappa shape index (κ3) is 4.44. The lowest BCUT2D eigenvalue weighted by Crippen LogP contribution is -2.59. The molecular formula is C21H34N2O5. The summed E-state index contributed by atoms with van der Waals surface area (Å²) >= 11 is 0. The maximum Gasteiger partial charge on any atom is 0.408 e. The summed E-state index contributed by atoms with van der Waals surface area (Å²) in [5, 5.41) is 2.85. The highest BCUT2D eigenvalue weighted by atomic mass is 16.6. The molecule has 0 spiro atoms. The highest BCUT2D eigenvalue weighted by Gasteiger charge is 2.53. The van der Waals surface area contributed by atoms with Gasteiger partial charge in [0.05, 0.1) is 7.11 Å². The summed E-state index contributed by atoms with van der Waals surface area (Å²) in [7, 11) is 1.37. The van der Waals surface area contributed by atoms with Crippen molar-refractivity contribution in [2.24, 2.45) is 11.8 Å². The average molecular weight is 395 g/mol. The van der Waals surface area contributed by atoms with Gasteiger partial charge in [-0.1, -0.05) is 19.3 Å². The second kappa shape index (κ2) is 8.29. The molecular weight excluding hydrogens is 360 g/mol. The molecule has 1 saturated heterocycles. The van der Waals surface area contributed by atoms with Crippen molar-refractivity contribution in [1.82, 2.24) is 10.2 Å². The van der Waals surface area contributed by atoms with E-state index < -0.39 is 23.8 Å². The van der Waals surface area contributed by atoms with E-state index in [1.54, 1.807) is 25.7 Å². The number of alkyl carbamates (subject to hydrolysis) is 1. The maximum atomic E-state index is 13.6. The van der Waals surface area contributed by atoms with Crippen LogP contribution in [0.2, 0.25) is 0 Å². The number of fused-ring (bicyclic) bond motifs is 2. The van der Waals surface area contributed by atoms with Crippen LogP contribution in [0.15, 0.2) is 0 Å². The molecule has 0 aromatic rings. The molecule has 3 fully saturated rings.